The summed E-state index contributed by atoms with van der Waals surface area (Å²) < 4.78 is 5.37. The van der Waals surface area contributed by atoms with Gasteiger partial charge in [-0.05, 0) is 50.9 Å². The summed E-state index contributed by atoms with van der Waals surface area (Å²) in [4.78, 5) is 14.4. The van der Waals surface area contributed by atoms with Gasteiger partial charge in [-0.2, -0.15) is 0 Å². The predicted molar refractivity (Wildman–Crippen MR) is 79.3 cm³/mol. The van der Waals surface area contributed by atoms with Crippen LogP contribution in [0.4, 0.5) is 0 Å². The van der Waals surface area contributed by atoms with Crippen LogP contribution in [0, 0.1) is 0 Å². The van der Waals surface area contributed by atoms with Crippen LogP contribution in [0.1, 0.15) is 41.1 Å². The molecule has 2 aromatic heterocycles. The fourth-order valence-corrected chi connectivity index (χ4v) is 2.97. The van der Waals surface area contributed by atoms with Gasteiger partial charge in [0.1, 0.15) is 5.76 Å². The second-order valence-electron chi connectivity index (χ2n) is 4.98. The number of hydrogen-bond acceptors (Lipinski definition) is 4. The van der Waals surface area contributed by atoms with E-state index in [-0.39, 0.29) is 11.8 Å². The maximum absolute atomic E-state index is 10.8. The molecule has 2 aromatic rings. The van der Waals surface area contributed by atoms with Gasteiger partial charge in [0.25, 0.3) is 0 Å². The largest absolute Gasteiger partial charge is 0.475 e. The third-order valence-electron chi connectivity index (χ3n) is 3.63. The van der Waals surface area contributed by atoms with Crippen LogP contribution in [0.3, 0.4) is 0 Å². The van der Waals surface area contributed by atoms with Gasteiger partial charge in [-0.1, -0.05) is 6.07 Å². The normalized spacial score (nSPS) is 14.4. The van der Waals surface area contributed by atoms with Crippen LogP contribution >= 0.6 is 11.3 Å². The van der Waals surface area contributed by atoms with E-state index in [1.54, 1.807) is 17.4 Å². The molecule has 0 aromatic carbocycles. The van der Waals surface area contributed by atoms with Gasteiger partial charge in [0.05, 0.1) is 6.04 Å². The monoisotopic (exact) mass is 293 g/mol. The molecule has 4 nitrogen and oxygen atoms in total. The van der Waals surface area contributed by atoms with Crippen LogP contribution in [0.25, 0.3) is 0 Å². The first-order valence-corrected chi connectivity index (χ1v) is 7.44. The molecule has 0 bridgehead atoms. The molecular formula is C15H19NO3S. The highest BCUT2D eigenvalue weighted by atomic mass is 32.1. The van der Waals surface area contributed by atoms with E-state index in [1.807, 2.05) is 14.0 Å². The van der Waals surface area contributed by atoms with Gasteiger partial charge in [-0.3, -0.25) is 4.90 Å². The van der Waals surface area contributed by atoms with Gasteiger partial charge in [-0.25, -0.2) is 4.79 Å². The third-order valence-corrected chi connectivity index (χ3v) is 4.53. The van der Waals surface area contributed by atoms with Crippen molar-refractivity contribution in [3.63, 3.8) is 0 Å². The van der Waals surface area contributed by atoms with Gasteiger partial charge in [0.2, 0.25) is 5.76 Å². The van der Waals surface area contributed by atoms with E-state index in [1.165, 1.54) is 10.9 Å². The van der Waals surface area contributed by atoms with Crippen molar-refractivity contribution in [2.75, 3.05) is 7.05 Å². The van der Waals surface area contributed by atoms with Crippen molar-refractivity contribution in [3.8, 4) is 0 Å². The molecule has 0 aliphatic rings. The fourth-order valence-electron chi connectivity index (χ4n) is 2.14. The highest BCUT2D eigenvalue weighted by molar-refractivity contribution is 7.09. The summed E-state index contributed by atoms with van der Waals surface area (Å²) in [6.45, 7) is 4.19. The Kier molecular flexibility index (Phi) is 4.62. The zero-order valence-electron chi connectivity index (χ0n) is 11.9. The average Bonchev–Trinajstić information content (AvgIpc) is 3.07. The Morgan fingerprint density at radius 2 is 2.15 bits per heavy atom. The Hall–Kier alpha value is -1.59. The van der Waals surface area contributed by atoms with Gasteiger partial charge in [-0.15, -0.1) is 11.3 Å². The topological polar surface area (TPSA) is 53.7 Å². The lowest BCUT2D eigenvalue weighted by Crippen LogP contribution is -2.32. The molecule has 108 valence electrons. The first kappa shape index (κ1) is 14.8. The van der Waals surface area contributed by atoms with Crippen LogP contribution in [0.2, 0.25) is 0 Å². The lowest BCUT2D eigenvalue weighted by molar-refractivity contribution is 0.0655. The quantitative estimate of drug-likeness (QED) is 0.883. The van der Waals surface area contributed by atoms with Crippen molar-refractivity contribution in [3.05, 3.63) is 46.0 Å². The molecule has 1 N–H and O–H groups in total. The predicted octanol–water partition coefficient (Wildman–Crippen LogP) is 3.66. The third kappa shape index (κ3) is 3.29. The summed E-state index contributed by atoms with van der Waals surface area (Å²) in [5, 5.41) is 11.0. The zero-order chi connectivity index (χ0) is 14.7. The van der Waals surface area contributed by atoms with Crippen molar-refractivity contribution in [1.82, 2.24) is 4.90 Å². The second-order valence-corrected chi connectivity index (χ2v) is 6.01. The van der Waals surface area contributed by atoms with Crippen LogP contribution in [0.15, 0.2) is 34.1 Å². The van der Waals surface area contributed by atoms with E-state index in [0.29, 0.717) is 11.8 Å². The maximum atomic E-state index is 10.8. The van der Waals surface area contributed by atoms with Crippen molar-refractivity contribution < 1.29 is 14.3 Å². The molecule has 0 spiro atoms. The zero-order valence-corrected chi connectivity index (χ0v) is 12.7. The highest BCUT2D eigenvalue weighted by Gasteiger charge is 2.21. The molecule has 0 amide bonds. The SMILES string of the molecule is CC(Cc1cccs1)N(C)C(C)c1ccc(C(=O)O)o1. The number of nitrogens with zero attached hydrogens (tertiary/aromatic N) is 1. The van der Waals surface area contributed by atoms with E-state index in [9.17, 15) is 4.79 Å². The van der Waals surface area contributed by atoms with Crippen molar-refractivity contribution in [2.45, 2.75) is 32.4 Å². The Bertz CT molecular complexity index is 561. The number of carboxylic acids is 1. The lowest BCUT2D eigenvalue weighted by atomic mass is 10.1. The van der Waals surface area contributed by atoms with Gasteiger partial charge in [0, 0.05) is 10.9 Å². The summed E-state index contributed by atoms with van der Waals surface area (Å²) in [5.74, 6) is -0.355. The molecule has 2 unspecified atom stereocenters. The Balaban J connectivity index is 2.03. The van der Waals surface area contributed by atoms with Gasteiger partial charge >= 0.3 is 5.97 Å². The first-order chi connectivity index (χ1) is 9.49. The molecule has 2 rings (SSSR count). The number of carbonyl (C=O) groups is 1. The molecule has 0 aliphatic heterocycles. The van der Waals surface area contributed by atoms with E-state index in [0.717, 1.165) is 6.42 Å². The van der Waals surface area contributed by atoms with E-state index < -0.39 is 5.97 Å². The highest BCUT2D eigenvalue weighted by Crippen LogP contribution is 2.25. The molecule has 20 heavy (non-hydrogen) atoms. The standard InChI is InChI=1S/C15H19NO3S/c1-10(9-12-5-4-8-20-12)16(3)11(2)13-6-7-14(19-13)15(17)18/h4-8,10-11H,9H2,1-3H3,(H,17,18). The summed E-state index contributed by atoms with van der Waals surface area (Å²) in [6.07, 6.45) is 0.977. The second kappa shape index (κ2) is 6.24. The summed E-state index contributed by atoms with van der Waals surface area (Å²) in [6, 6.07) is 7.82. The Morgan fingerprint density at radius 3 is 2.70 bits per heavy atom. The van der Waals surface area contributed by atoms with Crippen molar-refractivity contribution in [1.29, 1.82) is 0 Å². The minimum absolute atomic E-state index is 0.00819. The maximum Gasteiger partial charge on any atom is 0.371 e. The summed E-state index contributed by atoms with van der Waals surface area (Å²) in [7, 11) is 2.03. The van der Waals surface area contributed by atoms with Crippen LogP contribution < -0.4 is 0 Å². The van der Waals surface area contributed by atoms with Crippen LogP contribution in [-0.4, -0.2) is 29.1 Å². The smallest absolute Gasteiger partial charge is 0.371 e. The molecule has 2 atom stereocenters. The number of likely N-dealkylation sites (N-methyl/N-ethyl adjacent to an activating group) is 1. The molecule has 0 radical (unpaired) electrons. The summed E-state index contributed by atoms with van der Waals surface area (Å²) >= 11 is 1.76. The summed E-state index contributed by atoms with van der Waals surface area (Å²) in [5.41, 5.74) is 0. The lowest BCUT2D eigenvalue weighted by Gasteiger charge is -2.29. The molecule has 0 saturated carbocycles. The van der Waals surface area contributed by atoms with Gasteiger partial charge < -0.3 is 9.52 Å². The fraction of sp³-hybridized carbons (Fsp3) is 0.400. The molecule has 2 heterocycles. The number of furan rings is 1. The van der Waals surface area contributed by atoms with E-state index in [4.69, 9.17) is 9.52 Å². The Morgan fingerprint density at radius 1 is 1.40 bits per heavy atom. The number of hydrogen-bond donors (Lipinski definition) is 1. The molecule has 0 saturated heterocycles. The molecule has 0 fully saturated rings. The number of thiophene rings is 1. The molecule has 5 heteroatoms. The molecular weight excluding hydrogens is 274 g/mol. The minimum Gasteiger partial charge on any atom is -0.475 e. The van der Waals surface area contributed by atoms with Crippen molar-refractivity contribution >= 4 is 17.3 Å². The first-order valence-electron chi connectivity index (χ1n) is 6.56. The average molecular weight is 293 g/mol. The van der Waals surface area contributed by atoms with E-state index in [2.05, 4.69) is 29.3 Å². The van der Waals surface area contributed by atoms with Crippen LogP contribution in [0.5, 0.6) is 0 Å². The van der Waals surface area contributed by atoms with E-state index >= 15 is 0 Å². The van der Waals surface area contributed by atoms with Gasteiger partial charge in [0.15, 0.2) is 0 Å². The number of rotatable bonds is 6. The van der Waals surface area contributed by atoms with Crippen LogP contribution in [-0.2, 0) is 6.42 Å². The molecule has 0 aliphatic carbocycles. The number of aromatic carboxylic acids is 1. The number of carboxylic acid groups (broad SMARTS) is 1. The van der Waals surface area contributed by atoms with Crippen molar-refractivity contribution in [2.24, 2.45) is 0 Å². The minimum atomic E-state index is -1.03. The Labute approximate surface area is 122 Å².